The molecule has 1 aromatic rings. The van der Waals surface area contributed by atoms with E-state index in [9.17, 15) is 13.2 Å². The number of primary amides is 1. The SMILES string of the molecule is C#CCNS(=O)(=O)c1ccc(OC)c(C(N)=O)c1. The number of ether oxygens (including phenoxy) is 1. The largest absolute Gasteiger partial charge is 0.496 e. The fraction of sp³-hybridized carbons (Fsp3) is 0.182. The van der Waals surface area contributed by atoms with Gasteiger partial charge < -0.3 is 10.5 Å². The highest BCUT2D eigenvalue weighted by atomic mass is 32.2. The molecule has 1 aromatic carbocycles. The monoisotopic (exact) mass is 268 g/mol. The van der Waals surface area contributed by atoms with Gasteiger partial charge in [0.05, 0.1) is 24.1 Å². The molecule has 18 heavy (non-hydrogen) atoms. The standard InChI is InChI=1S/C11H12N2O4S/c1-3-6-13-18(15,16)8-4-5-10(17-2)9(7-8)11(12)14/h1,4-5,7,13H,6H2,2H3,(H2,12,14). The molecule has 0 unspecified atom stereocenters. The van der Waals surface area contributed by atoms with E-state index < -0.39 is 15.9 Å². The van der Waals surface area contributed by atoms with Gasteiger partial charge in [-0.1, -0.05) is 5.92 Å². The Bertz CT molecular complexity index is 602. The normalized spacial score (nSPS) is 10.7. The Balaban J connectivity index is 3.25. The Morgan fingerprint density at radius 1 is 1.56 bits per heavy atom. The molecule has 0 aliphatic heterocycles. The van der Waals surface area contributed by atoms with Crippen molar-refractivity contribution in [3.8, 4) is 18.1 Å². The summed E-state index contributed by atoms with van der Waals surface area (Å²) in [5.41, 5.74) is 5.12. The van der Waals surface area contributed by atoms with E-state index in [0.29, 0.717) is 0 Å². The van der Waals surface area contributed by atoms with Gasteiger partial charge in [0, 0.05) is 0 Å². The number of amides is 1. The Kier molecular flexibility index (Phi) is 4.31. The summed E-state index contributed by atoms with van der Waals surface area (Å²) >= 11 is 0. The second kappa shape index (κ2) is 5.53. The van der Waals surface area contributed by atoms with E-state index in [1.165, 1.54) is 19.2 Å². The number of hydrogen-bond acceptors (Lipinski definition) is 4. The first kappa shape index (κ1) is 14.0. The van der Waals surface area contributed by atoms with Crippen molar-refractivity contribution < 1.29 is 17.9 Å². The maximum absolute atomic E-state index is 11.8. The number of carbonyl (C=O) groups excluding carboxylic acids is 1. The van der Waals surface area contributed by atoms with Crippen molar-refractivity contribution in [2.24, 2.45) is 5.73 Å². The first-order valence-corrected chi connectivity index (χ1v) is 6.31. The molecule has 6 nitrogen and oxygen atoms in total. The van der Waals surface area contributed by atoms with Crippen LogP contribution < -0.4 is 15.2 Å². The fourth-order valence-corrected chi connectivity index (χ4v) is 2.23. The number of hydrogen-bond donors (Lipinski definition) is 2. The van der Waals surface area contributed by atoms with Crippen LogP contribution in [-0.4, -0.2) is 28.0 Å². The summed E-state index contributed by atoms with van der Waals surface area (Å²) in [6, 6.07) is 3.79. The second-order valence-electron chi connectivity index (χ2n) is 3.26. The molecule has 0 atom stereocenters. The topological polar surface area (TPSA) is 98.5 Å². The molecule has 1 amide bonds. The molecule has 0 saturated carbocycles. The van der Waals surface area contributed by atoms with Crippen LogP contribution >= 0.6 is 0 Å². The first-order valence-electron chi connectivity index (χ1n) is 4.83. The summed E-state index contributed by atoms with van der Waals surface area (Å²) in [4.78, 5) is 11.1. The molecule has 0 heterocycles. The first-order chi connectivity index (χ1) is 8.42. The van der Waals surface area contributed by atoms with Crippen LogP contribution in [0.25, 0.3) is 0 Å². The van der Waals surface area contributed by atoms with Gasteiger partial charge in [0.15, 0.2) is 0 Å². The smallest absolute Gasteiger partial charge is 0.252 e. The molecule has 0 aromatic heterocycles. The molecular formula is C11H12N2O4S. The van der Waals surface area contributed by atoms with Crippen molar-refractivity contribution in [2.45, 2.75) is 4.90 Å². The highest BCUT2D eigenvalue weighted by Gasteiger charge is 2.17. The van der Waals surface area contributed by atoms with Gasteiger partial charge in [0.25, 0.3) is 5.91 Å². The van der Waals surface area contributed by atoms with E-state index in [1.807, 2.05) is 0 Å². The molecule has 96 valence electrons. The lowest BCUT2D eigenvalue weighted by Crippen LogP contribution is -2.24. The minimum absolute atomic E-state index is 0.0129. The second-order valence-corrected chi connectivity index (χ2v) is 5.02. The van der Waals surface area contributed by atoms with Crippen molar-refractivity contribution in [3.05, 3.63) is 23.8 Å². The molecule has 1 rings (SSSR count). The number of nitrogens with one attached hydrogen (secondary N) is 1. The molecular weight excluding hydrogens is 256 g/mol. The lowest BCUT2D eigenvalue weighted by molar-refractivity contribution is 0.0997. The number of nitrogens with two attached hydrogens (primary N) is 1. The third kappa shape index (κ3) is 3.00. The van der Waals surface area contributed by atoms with Gasteiger partial charge in [-0.05, 0) is 18.2 Å². The minimum Gasteiger partial charge on any atom is -0.496 e. The number of rotatable bonds is 5. The van der Waals surface area contributed by atoms with Gasteiger partial charge in [0.2, 0.25) is 10.0 Å². The van der Waals surface area contributed by atoms with Crippen LogP contribution in [0.15, 0.2) is 23.1 Å². The van der Waals surface area contributed by atoms with E-state index in [-0.39, 0.29) is 22.8 Å². The molecule has 0 radical (unpaired) electrons. The lowest BCUT2D eigenvalue weighted by atomic mass is 10.2. The fourth-order valence-electron chi connectivity index (χ4n) is 1.27. The van der Waals surface area contributed by atoms with Gasteiger partial charge in [-0.2, -0.15) is 4.72 Å². The van der Waals surface area contributed by atoms with Crippen LogP contribution in [0.1, 0.15) is 10.4 Å². The Hall–Kier alpha value is -2.04. The van der Waals surface area contributed by atoms with Gasteiger partial charge >= 0.3 is 0 Å². The molecule has 3 N–H and O–H groups in total. The molecule has 0 fully saturated rings. The summed E-state index contributed by atoms with van der Waals surface area (Å²) in [6.45, 7) is -0.139. The summed E-state index contributed by atoms with van der Waals surface area (Å²) in [5, 5.41) is 0. The van der Waals surface area contributed by atoms with Crippen LogP contribution in [0, 0.1) is 12.3 Å². The number of benzene rings is 1. The molecule has 0 bridgehead atoms. The number of sulfonamides is 1. The quantitative estimate of drug-likeness (QED) is 0.717. The molecule has 7 heteroatoms. The van der Waals surface area contributed by atoms with Crippen molar-refractivity contribution in [1.82, 2.24) is 4.72 Å². The van der Waals surface area contributed by atoms with Gasteiger partial charge in [-0.25, -0.2) is 8.42 Å². The highest BCUT2D eigenvalue weighted by Crippen LogP contribution is 2.21. The summed E-state index contributed by atoms with van der Waals surface area (Å²) < 4.78 is 30.6. The lowest BCUT2D eigenvalue weighted by Gasteiger charge is -2.09. The van der Waals surface area contributed by atoms with Crippen LogP contribution in [-0.2, 0) is 10.0 Å². The third-order valence-corrected chi connectivity index (χ3v) is 3.51. The number of carbonyl (C=O) groups is 1. The van der Waals surface area contributed by atoms with E-state index in [1.54, 1.807) is 0 Å². The maximum Gasteiger partial charge on any atom is 0.252 e. The van der Waals surface area contributed by atoms with Crippen molar-refractivity contribution in [1.29, 1.82) is 0 Å². The van der Waals surface area contributed by atoms with Crippen LogP contribution in [0.2, 0.25) is 0 Å². The van der Waals surface area contributed by atoms with Crippen molar-refractivity contribution in [2.75, 3.05) is 13.7 Å². The highest BCUT2D eigenvalue weighted by molar-refractivity contribution is 7.89. The summed E-state index contributed by atoms with van der Waals surface area (Å²) in [7, 11) is -2.41. The van der Waals surface area contributed by atoms with Crippen LogP contribution in [0.3, 0.4) is 0 Å². The average Bonchev–Trinajstić information content (AvgIpc) is 2.35. The van der Waals surface area contributed by atoms with E-state index >= 15 is 0 Å². The number of methoxy groups -OCH3 is 1. The zero-order chi connectivity index (χ0) is 13.8. The van der Waals surface area contributed by atoms with Crippen LogP contribution in [0.5, 0.6) is 5.75 Å². The average molecular weight is 268 g/mol. The zero-order valence-electron chi connectivity index (χ0n) is 9.64. The Labute approximate surface area is 105 Å². The van der Waals surface area contributed by atoms with Crippen molar-refractivity contribution >= 4 is 15.9 Å². The summed E-state index contributed by atoms with van der Waals surface area (Å²) in [6.07, 6.45) is 4.97. The zero-order valence-corrected chi connectivity index (χ0v) is 10.5. The number of terminal acetylenes is 1. The van der Waals surface area contributed by atoms with E-state index in [4.69, 9.17) is 16.9 Å². The molecule has 0 aliphatic carbocycles. The Morgan fingerprint density at radius 2 is 2.22 bits per heavy atom. The van der Waals surface area contributed by atoms with Crippen LogP contribution in [0.4, 0.5) is 0 Å². The molecule has 0 aliphatic rings. The van der Waals surface area contributed by atoms with Gasteiger partial charge in [-0.3, -0.25) is 4.79 Å². The van der Waals surface area contributed by atoms with Gasteiger partial charge in [-0.15, -0.1) is 6.42 Å². The third-order valence-electron chi connectivity index (χ3n) is 2.11. The molecule has 0 spiro atoms. The van der Waals surface area contributed by atoms with Crippen molar-refractivity contribution in [3.63, 3.8) is 0 Å². The van der Waals surface area contributed by atoms with E-state index in [2.05, 4.69) is 10.6 Å². The maximum atomic E-state index is 11.8. The minimum atomic E-state index is -3.76. The van der Waals surface area contributed by atoms with E-state index in [0.717, 1.165) is 6.07 Å². The predicted molar refractivity (Wildman–Crippen MR) is 65.5 cm³/mol. The molecule has 0 saturated heterocycles. The summed E-state index contributed by atoms with van der Waals surface area (Å²) in [5.74, 6) is 1.58. The van der Waals surface area contributed by atoms with Gasteiger partial charge in [0.1, 0.15) is 5.75 Å². The Morgan fingerprint density at radius 3 is 2.72 bits per heavy atom. The predicted octanol–water partition coefficient (Wildman–Crippen LogP) is -0.294.